The summed E-state index contributed by atoms with van der Waals surface area (Å²) < 4.78 is 5.73. The van der Waals surface area contributed by atoms with Crippen LogP contribution in [0.15, 0.2) is 4.42 Å². The van der Waals surface area contributed by atoms with Gasteiger partial charge in [0.1, 0.15) is 0 Å². The Kier molecular flexibility index (Phi) is 3.99. The van der Waals surface area contributed by atoms with Crippen molar-refractivity contribution >= 4 is 5.97 Å². The number of nitrogens with zero attached hydrogens (tertiary/aromatic N) is 2. The van der Waals surface area contributed by atoms with Gasteiger partial charge >= 0.3 is 5.97 Å². The predicted molar refractivity (Wildman–Crippen MR) is 65.3 cm³/mol. The van der Waals surface area contributed by atoms with Crippen molar-refractivity contribution in [3.8, 4) is 0 Å². The van der Waals surface area contributed by atoms with Crippen LogP contribution in [0.25, 0.3) is 0 Å². The summed E-state index contributed by atoms with van der Waals surface area (Å²) in [6, 6.07) is 0. The lowest BCUT2D eigenvalue weighted by molar-refractivity contribution is -0.137. The van der Waals surface area contributed by atoms with Crippen LogP contribution in [0.5, 0.6) is 0 Å². The van der Waals surface area contributed by atoms with Crippen LogP contribution < -0.4 is 0 Å². The molecule has 0 aliphatic heterocycles. The Hall–Kier alpha value is -1.39. The highest BCUT2D eigenvalue weighted by atomic mass is 16.4. The quantitative estimate of drug-likeness (QED) is 0.842. The highest BCUT2D eigenvalue weighted by molar-refractivity contribution is 5.66. The van der Waals surface area contributed by atoms with Crippen LogP contribution in [0.3, 0.4) is 0 Å². The molecule has 0 radical (unpaired) electrons. The molecule has 0 amide bonds. The standard InChI is InChI=1S/C13H20N2O3/c1-2-13(8-3-4-9-13)12-15-14-10(18-12)6-5-7-11(16)17/h2-9H2,1H3,(H,16,17). The average Bonchev–Trinajstić information content (AvgIpc) is 2.97. The van der Waals surface area contributed by atoms with E-state index in [0.717, 1.165) is 25.2 Å². The molecule has 1 heterocycles. The maximum absolute atomic E-state index is 10.4. The van der Waals surface area contributed by atoms with Gasteiger partial charge in [-0.05, 0) is 25.7 Å². The molecule has 5 nitrogen and oxygen atoms in total. The lowest BCUT2D eigenvalue weighted by Crippen LogP contribution is -2.21. The zero-order chi connectivity index (χ0) is 13.0. The summed E-state index contributed by atoms with van der Waals surface area (Å²) in [5, 5.41) is 16.8. The van der Waals surface area contributed by atoms with Gasteiger partial charge in [-0.3, -0.25) is 4.79 Å². The Labute approximate surface area is 107 Å². The molecule has 5 heteroatoms. The van der Waals surface area contributed by atoms with E-state index in [1.807, 2.05) is 0 Å². The first-order valence-corrected chi connectivity index (χ1v) is 6.71. The monoisotopic (exact) mass is 252 g/mol. The highest BCUT2D eigenvalue weighted by Crippen LogP contribution is 2.42. The maximum Gasteiger partial charge on any atom is 0.303 e. The Morgan fingerprint density at radius 2 is 2.11 bits per heavy atom. The molecule has 0 bridgehead atoms. The van der Waals surface area contributed by atoms with Gasteiger partial charge in [0, 0.05) is 18.3 Å². The first kappa shape index (κ1) is 13.1. The van der Waals surface area contributed by atoms with E-state index in [9.17, 15) is 4.79 Å². The molecule has 1 aromatic heterocycles. The van der Waals surface area contributed by atoms with Crippen LogP contribution in [0.4, 0.5) is 0 Å². The van der Waals surface area contributed by atoms with Crippen molar-refractivity contribution in [2.45, 2.75) is 63.7 Å². The lowest BCUT2D eigenvalue weighted by Gasteiger charge is -2.22. The number of carboxylic acid groups (broad SMARTS) is 1. The summed E-state index contributed by atoms with van der Waals surface area (Å²) in [4.78, 5) is 10.4. The molecule has 0 aromatic carbocycles. The summed E-state index contributed by atoms with van der Waals surface area (Å²) in [5.74, 6) is 0.550. The van der Waals surface area contributed by atoms with Crippen molar-refractivity contribution in [2.75, 3.05) is 0 Å². The number of aryl methyl sites for hydroxylation is 1. The van der Waals surface area contributed by atoms with E-state index < -0.39 is 5.97 Å². The topological polar surface area (TPSA) is 76.2 Å². The minimum atomic E-state index is -0.782. The Bertz CT molecular complexity index is 408. The SMILES string of the molecule is CCC1(c2nnc(CCCC(=O)O)o2)CCCC1. The molecule has 1 aliphatic carbocycles. The molecule has 0 unspecified atom stereocenters. The molecule has 1 saturated carbocycles. The number of aliphatic carboxylic acids is 1. The lowest BCUT2D eigenvalue weighted by atomic mass is 9.83. The van der Waals surface area contributed by atoms with Crippen molar-refractivity contribution in [3.05, 3.63) is 11.8 Å². The van der Waals surface area contributed by atoms with Gasteiger partial charge in [0.15, 0.2) is 0 Å². The second kappa shape index (κ2) is 5.50. The van der Waals surface area contributed by atoms with E-state index in [0.29, 0.717) is 18.7 Å². The second-order valence-electron chi connectivity index (χ2n) is 5.09. The van der Waals surface area contributed by atoms with Gasteiger partial charge in [0.05, 0.1) is 0 Å². The smallest absolute Gasteiger partial charge is 0.303 e. The van der Waals surface area contributed by atoms with E-state index in [1.165, 1.54) is 12.8 Å². The van der Waals surface area contributed by atoms with Crippen molar-refractivity contribution in [2.24, 2.45) is 0 Å². The summed E-state index contributed by atoms with van der Waals surface area (Å²) in [7, 11) is 0. The average molecular weight is 252 g/mol. The number of hydrogen-bond donors (Lipinski definition) is 1. The molecule has 1 aliphatic rings. The van der Waals surface area contributed by atoms with Crippen LogP contribution in [0.1, 0.15) is 63.7 Å². The van der Waals surface area contributed by atoms with Crippen LogP contribution in [0, 0.1) is 0 Å². The van der Waals surface area contributed by atoms with E-state index in [2.05, 4.69) is 17.1 Å². The zero-order valence-corrected chi connectivity index (χ0v) is 10.8. The number of carboxylic acids is 1. The van der Waals surface area contributed by atoms with E-state index in [1.54, 1.807) is 0 Å². The fraction of sp³-hybridized carbons (Fsp3) is 0.769. The highest BCUT2D eigenvalue weighted by Gasteiger charge is 2.38. The van der Waals surface area contributed by atoms with Gasteiger partial charge in [0.2, 0.25) is 11.8 Å². The van der Waals surface area contributed by atoms with Crippen LogP contribution in [-0.2, 0) is 16.6 Å². The Morgan fingerprint density at radius 3 is 2.72 bits per heavy atom. The van der Waals surface area contributed by atoms with E-state index >= 15 is 0 Å². The van der Waals surface area contributed by atoms with Crippen molar-refractivity contribution < 1.29 is 14.3 Å². The third kappa shape index (κ3) is 2.71. The molecular formula is C13H20N2O3. The Balaban J connectivity index is 1.98. The van der Waals surface area contributed by atoms with Crippen molar-refractivity contribution in [1.29, 1.82) is 0 Å². The molecule has 100 valence electrons. The molecule has 1 aromatic rings. The number of aromatic nitrogens is 2. The molecule has 1 N–H and O–H groups in total. The minimum absolute atomic E-state index is 0.0814. The maximum atomic E-state index is 10.4. The molecule has 0 saturated heterocycles. The Morgan fingerprint density at radius 1 is 1.39 bits per heavy atom. The van der Waals surface area contributed by atoms with Gasteiger partial charge in [-0.1, -0.05) is 19.8 Å². The third-order valence-electron chi connectivity index (χ3n) is 3.94. The summed E-state index contributed by atoms with van der Waals surface area (Å²) in [5.41, 5.74) is 0.0814. The fourth-order valence-electron chi connectivity index (χ4n) is 2.73. The van der Waals surface area contributed by atoms with Gasteiger partial charge in [0.25, 0.3) is 0 Å². The number of hydrogen-bond acceptors (Lipinski definition) is 4. The normalized spacial score (nSPS) is 18.1. The van der Waals surface area contributed by atoms with Crippen LogP contribution >= 0.6 is 0 Å². The van der Waals surface area contributed by atoms with E-state index in [4.69, 9.17) is 9.52 Å². The predicted octanol–water partition coefficient (Wildman–Crippen LogP) is 2.70. The van der Waals surface area contributed by atoms with Gasteiger partial charge in [-0.15, -0.1) is 10.2 Å². The second-order valence-corrected chi connectivity index (χ2v) is 5.09. The van der Waals surface area contributed by atoms with Crippen LogP contribution in [-0.4, -0.2) is 21.3 Å². The van der Waals surface area contributed by atoms with Crippen molar-refractivity contribution in [3.63, 3.8) is 0 Å². The van der Waals surface area contributed by atoms with Gasteiger partial charge in [-0.2, -0.15) is 0 Å². The first-order chi connectivity index (χ1) is 8.66. The zero-order valence-electron chi connectivity index (χ0n) is 10.8. The molecular weight excluding hydrogens is 232 g/mol. The molecule has 0 atom stereocenters. The summed E-state index contributed by atoms with van der Waals surface area (Å²) >= 11 is 0. The number of carbonyl (C=O) groups is 1. The number of rotatable bonds is 6. The summed E-state index contributed by atoms with van der Waals surface area (Å²) in [6.07, 6.45) is 6.99. The molecule has 0 spiro atoms. The molecule has 2 rings (SSSR count). The van der Waals surface area contributed by atoms with Gasteiger partial charge in [-0.25, -0.2) is 0 Å². The minimum Gasteiger partial charge on any atom is -0.481 e. The molecule has 1 fully saturated rings. The van der Waals surface area contributed by atoms with E-state index in [-0.39, 0.29) is 11.8 Å². The first-order valence-electron chi connectivity index (χ1n) is 6.71. The fourth-order valence-corrected chi connectivity index (χ4v) is 2.73. The molecule has 18 heavy (non-hydrogen) atoms. The largest absolute Gasteiger partial charge is 0.481 e. The van der Waals surface area contributed by atoms with Gasteiger partial charge < -0.3 is 9.52 Å². The van der Waals surface area contributed by atoms with Crippen LogP contribution in [0.2, 0.25) is 0 Å². The third-order valence-corrected chi connectivity index (χ3v) is 3.94. The van der Waals surface area contributed by atoms with Crippen molar-refractivity contribution in [1.82, 2.24) is 10.2 Å². The summed E-state index contributed by atoms with van der Waals surface area (Å²) in [6.45, 7) is 2.17.